The first-order valence-electron chi connectivity index (χ1n) is 14.8. The lowest BCUT2D eigenvalue weighted by atomic mass is 9.56. The molecule has 1 N–H and O–H groups in total. The van der Waals surface area contributed by atoms with Crippen molar-refractivity contribution in [3.8, 4) is 11.5 Å². The third-order valence-corrected chi connectivity index (χ3v) is 11.4. The van der Waals surface area contributed by atoms with Gasteiger partial charge in [-0.1, -0.05) is 48.0 Å². The van der Waals surface area contributed by atoms with Crippen molar-refractivity contribution in [1.29, 1.82) is 0 Å². The molecule has 6 atom stereocenters. The van der Waals surface area contributed by atoms with Crippen molar-refractivity contribution >= 4 is 58.3 Å². The summed E-state index contributed by atoms with van der Waals surface area (Å²) < 4.78 is 5.20. The van der Waals surface area contributed by atoms with Crippen molar-refractivity contribution in [2.75, 3.05) is 19.1 Å². The lowest BCUT2D eigenvalue weighted by Crippen LogP contribution is -2.60. The highest BCUT2D eigenvalue weighted by molar-refractivity contribution is 6.53. The number of carbonyl (C=O) groups is 5. The standard InChI is InChI=1S/C35H28Cl2N2O7/c1-38-32(44)34(36)17-24-22(28(35(34,37)33(38)45)20-10-15-26(46-2)25(40)16-20)13-14-23-27(24)31(43)39(30(23)42)21-11-8-19(9-12-21)29(41)18-6-4-3-5-7-18/h3-13,15-16,23-24,27-28,40H,14,17H2,1-2H3. The Morgan fingerprint density at radius 3 is 2.22 bits per heavy atom. The predicted molar refractivity (Wildman–Crippen MR) is 169 cm³/mol. The van der Waals surface area contributed by atoms with Crippen LogP contribution in [0.25, 0.3) is 0 Å². The first-order valence-corrected chi connectivity index (χ1v) is 15.5. The number of amides is 4. The van der Waals surface area contributed by atoms with E-state index in [4.69, 9.17) is 27.9 Å². The van der Waals surface area contributed by atoms with Crippen molar-refractivity contribution in [3.63, 3.8) is 0 Å². The van der Waals surface area contributed by atoms with E-state index in [2.05, 4.69) is 0 Å². The molecule has 3 aromatic rings. The lowest BCUT2D eigenvalue weighted by molar-refractivity contribution is -0.138. The number of ketones is 1. The molecular weight excluding hydrogens is 631 g/mol. The number of hydrogen-bond donors (Lipinski definition) is 1. The number of benzene rings is 3. The van der Waals surface area contributed by atoms with E-state index in [0.717, 1.165) is 9.80 Å². The molecule has 3 fully saturated rings. The summed E-state index contributed by atoms with van der Waals surface area (Å²) in [6.45, 7) is 0. The van der Waals surface area contributed by atoms with Crippen LogP contribution in [0, 0.1) is 17.8 Å². The van der Waals surface area contributed by atoms with Gasteiger partial charge in [0.2, 0.25) is 11.8 Å². The average molecular weight is 660 g/mol. The van der Waals surface area contributed by atoms with E-state index in [-0.39, 0.29) is 30.1 Å². The summed E-state index contributed by atoms with van der Waals surface area (Å²) >= 11 is 14.4. The Balaban J connectivity index is 1.28. The number of carbonyl (C=O) groups excluding carboxylic acids is 5. The summed E-state index contributed by atoms with van der Waals surface area (Å²) in [6, 6.07) is 19.7. The van der Waals surface area contributed by atoms with Crippen LogP contribution < -0.4 is 9.64 Å². The molecule has 6 unspecified atom stereocenters. The van der Waals surface area contributed by atoms with Crippen LogP contribution in [0.1, 0.15) is 40.2 Å². The van der Waals surface area contributed by atoms with Gasteiger partial charge < -0.3 is 9.84 Å². The Hall–Kier alpha value is -4.47. The second-order valence-corrected chi connectivity index (χ2v) is 13.4. The van der Waals surface area contributed by atoms with Gasteiger partial charge in [-0.15, -0.1) is 23.2 Å². The zero-order chi connectivity index (χ0) is 32.7. The molecule has 2 aliphatic heterocycles. The molecular formula is C35H28Cl2N2O7. The van der Waals surface area contributed by atoms with Crippen LogP contribution in [0.5, 0.6) is 11.5 Å². The maximum Gasteiger partial charge on any atom is 0.253 e. The summed E-state index contributed by atoms with van der Waals surface area (Å²) in [5.41, 5.74) is 2.27. The van der Waals surface area contributed by atoms with E-state index in [9.17, 15) is 29.1 Å². The number of fused-ring (bicyclic) bond motifs is 4. The molecule has 0 aromatic heterocycles. The van der Waals surface area contributed by atoms with Crippen LogP contribution in [0.4, 0.5) is 5.69 Å². The Labute approximate surface area is 274 Å². The number of likely N-dealkylation sites (tertiary alicyclic amines) is 1. The third kappa shape index (κ3) is 3.97. The Morgan fingerprint density at radius 2 is 1.57 bits per heavy atom. The molecule has 2 aliphatic carbocycles. The minimum Gasteiger partial charge on any atom is -0.504 e. The highest BCUT2D eigenvalue weighted by Crippen LogP contribution is 2.65. The highest BCUT2D eigenvalue weighted by atomic mass is 35.5. The lowest BCUT2D eigenvalue weighted by Gasteiger charge is -2.50. The van der Waals surface area contributed by atoms with Crippen molar-refractivity contribution in [2.45, 2.75) is 28.5 Å². The van der Waals surface area contributed by atoms with Gasteiger partial charge in [0.15, 0.2) is 27.0 Å². The molecule has 4 amide bonds. The number of rotatable bonds is 5. The summed E-state index contributed by atoms with van der Waals surface area (Å²) in [7, 11) is 2.72. The molecule has 0 spiro atoms. The normalized spacial score (nSPS) is 30.1. The quantitative estimate of drug-likeness (QED) is 0.180. The number of hydrogen-bond acceptors (Lipinski definition) is 7. The number of aromatic hydroxyl groups is 1. The number of nitrogens with zero attached hydrogens (tertiary/aromatic N) is 2. The fourth-order valence-electron chi connectivity index (χ4n) is 7.78. The smallest absolute Gasteiger partial charge is 0.253 e. The Kier molecular flexibility index (Phi) is 6.92. The van der Waals surface area contributed by atoms with E-state index < -0.39 is 57.0 Å². The maximum atomic E-state index is 14.2. The van der Waals surface area contributed by atoms with Gasteiger partial charge >= 0.3 is 0 Å². The van der Waals surface area contributed by atoms with Crippen molar-refractivity contribution in [2.24, 2.45) is 17.8 Å². The van der Waals surface area contributed by atoms with Crippen LogP contribution in [-0.2, 0) is 19.2 Å². The first-order chi connectivity index (χ1) is 21.9. The second kappa shape index (κ2) is 10.5. The summed E-state index contributed by atoms with van der Waals surface area (Å²) in [6.07, 6.45) is 1.88. The summed E-state index contributed by atoms with van der Waals surface area (Å²) in [4.78, 5) is 66.5. The molecule has 3 aromatic carbocycles. The van der Waals surface area contributed by atoms with Crippen molar-refractivity contribution in [1.82, 2.24) is 4.90 Å². The molecule has 9 nitrogen and oxygen atoms in total. The number of imide groups is 2. The molecule has 234 valence electrons. The van der Waals surface area contributed by atoms with E-state index >= 15 is 0 Å². The van der Waals surface area contributed by atoms with E-state index in [1.807, 2.05) is 12.1 Å². The summed E-state index contributed by atoms with van der Waals surface area (Å²) in [5.74, 6) is -5.74. The van der Waals surface area contributed by atoms with E-state index in [1.165, 1.54) is 26.3 Å². The van der Waals surface area contributed by atoms with Crippen molar-refractivity contribution in [3.05, 3.63) is 101 Å². The molecule has 1 saturated carbocycles. The van der Waals surface area contributed by atoms with Gasteiger partial charge in [0.25, 0.3) is 11.8 Å². The monoisotopic (exact) mass is 658 g/mol. The number of halogens is 2. The fourth-order valence-corrected chi connectivity index (χ4v) is 8.80. The van der Waals surface area contributed by atoms with Gasteiger partial charge in [-0.3, -0.25) is 33.8 Å². The summed E-state index contributed by atoms with van der Waals surface area (Å²) in [5, 5.41) is 10.7. The Bertz CT molecular complexity index is 1880. The maximum absolute atomic E-state index is 14.2. The first kappa shape index (κ1) is 30.2. The SMILES string of the molecule is COc1ccc(C2C3=CCC4C(=O)N(c5ccc(C(=O)c6ccccc6)cc5)C(=O)C4C3CC3(Cl)C(=O)N(C)C(=O)C23Cl)cc1O. The van der Waals surface area contributed by atoms with Gasteiger partial charge in [0, 0.05) is 24.1 Å². The van der Waals surface area contributed by atoms with Crippen LogP contribution in [0.2, 0.25) is 0 Å². The molecule has 0 bridgehead atoms. The zero-order valence-electron chi connectivity index (χ0n) is 24.8. The molecule has 0 radical (unpaired) electrons. The number of alkyl halides is 2. The Morgan fingerprint density at radius 1 is 0.891 bits per heavy atom. The van der Waals surface area contributed by atoms with E-state index in [1.54, 1.807) is 54.6 Å². The molecule has 11 heteroatoms. The van der Waals surface area contributed by atoms with Crippen molar-refractivity contribution < 1.29 is 33.8 Å². The molecule has 7 rings (SSSR count). The second-order valence-electron chi connectivity index (χ2n) is 12.2. The van der Waals surface area contributed by atoms with Crippen LogP contribution in [0.3, 0.4) is 0 Å². The highest BCUT2D eigenvalue weighted by Gasteiger charge is 2.75. The van der Waals surface area contributed by atoms with Gasteiger partial charge in [-0.05, 0) is 60.7 Å². The number of phenolic OH excluding ortho intramolecular Hbond substituents is 1. The van der Waals surface area contributed by atoms with Crippen LogP contribution in [0.15, 0.2) is 84.4 Å². The molecule has 2 heterocycles. The number of allylic oxidation sites excluding steroid dienone is 2. The van der Waals surface area contributed by atoms with Gasteiger partial charge in [0.05, 0.1) is 24.6 Å². The zero-order valence-corrected chi connectivity index (χ0v) is 26.3. The van der Waals surface area contributed by atoms with Gasteiger partial charge in [-0.25, -0.2) is 0 Å². The number of methoxy groups -OCH3 is 1. The molecule has 4 aliphatic rings. The largest absolute Gasteiger partial charge is 0.504 e. The topological polar surface area (TPSA) is 121 Å². The number of phenols is 1. The fraction of sp³-hybridized carbons (Fsp3) is 0.286. The molecule has 2 saturated heterocycles. The van der Waals surface area contributed by atoms with Crippen LogP contribution in [-0.4, -0.2) is 63.3 Å². The minimum atomic E-state index is -1.96. The minimum absolute atomic E-state index is 0.143. The van der Waals surface area contributed by atoms with E-state index in [0.29, 0.717) is 28.0 Å². The third-order valence-electron chi connectivity index (χ3n) is 9.97. The van der Waals surface area contributed by atoms with Crippen LogP contribution >= 0.6 is 23.2 Å². The number of ether oxygens (including phenoxy) is 1. The van der Waals surface area contributed by atoms with Gasteiger partial charge in [0.1, 0.15) is 0 Å². The van der Waals surface area contributed by atoms with Gasteiger partial charge in [-0.2, -0.15) is 0 Å². The predicted octanol–water partition coefficient (Wildman–Crippen LogP) is 4.83. The number of anilines is 1. The average Bonchev–Trinajstić information content (AvgIpc) is 3.39. The molecule has 46 heavy (non-hydrogen) atoms.